The van der Waals surface area contributed by atoms with E-state index in [0.717, 1.165) is 5.56 Å². The van der Waals surface area contributed by atoms with Gasteiger partial charge in [0.2, 0.25) is 10.0 Å². The molecule has 0 saturated heterocycles. The Morgan fingerprint density at radius 3 is 2.31 bits per heavy atom. The molecule has 0 heterocycles. The van der Waals surface area contributed by atoms with Crippen LogP contribution in [0.2, 0.25) is 0 Å². The summed E-state index contributed by atoms with van der Waals surface area (Å²) in [5, 5.41) is 17.1. The van der Waals surface area contributed by atoms with Gasteiger partial charge in [0.15, 0.2) is 11.5 Å². The van der Waals surface area contributed by atoms with Crippen LogP contribution in [0, 0.1) is 11.3 Å². The van der Waals surface area contributed by atoms with Crippen molar-refractivity contribution in [2.45, 2.75) is 37.7 Å². The smallest absolute Gasteiger partial charge is 0.212 e. The molecular formula is C26H30N4O4S. The molecule has 0 bridgehead atoms. The minimum atomic E-state index is -3.78. The first kappa shape index (κ1) is 25.9. The zero-order valence-corrected chi connectivity index (χ0v) is 20.6. The lowest BCUT2D eigenvalue weighted by molar-refractivity contribution is 0.284. The number of sulfonamides is 1. The lowest BCUT2D eigenvalue weighted by Crippen LogP contribution is -2.31. The van der Waals surface area contributed by atoms with Crippen molar-refractivity contribution < 1.29 is 17.9 Å². The molecule has 8 nitrogen and oxygen atoms in total. The van der Waals surface area contributed by atoms with E-state index in [1.54, 1.807) is 43.3 Å². The van der Waals surface area contributed by atoms with Gasteiger partial charge in [-0.05, 0) is 48.7 Å². The molecule has 0 radical (unpaired) electrons. The van der Waals surface area contributed by atoms with E-state index in [1.165, 1.54) is 7.11 Å². The van der Waals surface area contributed by atoms with Crippen LogP contribution in [-0.2, 0) is 16.6 Å². The van der Waals surface area contributed by atoms with Gasteiger partial charge < -0.3 is 20.5 Å². The van der Waals surface area contributed by atoms with Crippen LogP contribution in [0.5, 0.6) is 11.5 Å². The topological polar surface area (TPSA) is 140 Å². The van der Waals surface area contributed by atoms with E-state index in [9.17, 15) is 8.42 Å². The first-order valence-corrected chi connectivity index (χ1v) is 12.8. The van der Waals surface area contributed by atoms with Crippen molar-refractivity contribution in [1.29, 1.82) is 5.26 Å². The number of nitrogen functional groups attached to an aromatic ring is 1. The lowest BCUT2D eigenvalue weighted by atomic mass is 9.98. The number of rotatable bonds is 11. The summed E-state index contributed by atoms with van der Waals surface area (Å²) in [4.78, 5) is 0. The summed E-state index contributed by atoms with van der Waals surface area (Å²) < 4.78 is 35.9. The molecule has 0 amide bonds. The molecule has 0 aromatic heterocycles. The zero-order valence-electron chi connectivity index (χ0n) is 19.8. The van der Waals surface area contributed by atoms with Gasteiger partial charge in [0.05, 0.1) is 30.0 Å². The van der Waals surface area contributed by atoms with E-state index >= 15 is 0 Å². The van der Waals surface area contributed by atoms with Gasteiger partial charge in [-0.1, -0.05) is 37.3 Å². The number of benzene rings is 3. The van der Waals surface area contributed by atoms with Gasteiger partial charge in [0.25, 0.3) is 0 Å². The number of methoxy groups -OCH3 is 1. The van der Waals surface area contributed by atoms with Crippen molar-refractivity contribution in [2.75, 3.05) is 18.2 Å². The molecular weight excluding hydrogens is 464 g/mol. The summed E-state index contributed by atoms with van der Waals surface area (Å²) in [6, 6.07) is 21.6. The summed E-state index contributed by atoms with van der Waals surface area (Å²) in [6.45, 7) is 2.12. The van der Waals surface area contributed by atoms with E-state index in [0.29, 0.717) is 47.0 Å². The molecule has 0 aliphatic heterocycles. The fourth-order valence-electron chi connectivity index (χ4n) is 3.80. The Labute approximate surface area is 206 Å². The van der Waals surface area contributed by atoms with Crippen molar-refractivity contribution in [3.63, 3.8) is 0 Å². The van der Waals surface area contributed by atoms with Gasteiger partial charge in [-0.3, -0.25) is 0 Å². The second-order valence-corrected chi connectivity index (χ2v) is 9.99. The average molecular weight is 495 g/mol. The third kappa shape index (κ3) is 6.88. The molecule has 35 heavy (non-hydrogen) atoms. The number of nitrogens with zero attached hydrogens (tertiary/aromatic N) is 1. The first-order chi connectivity index (χ1) is 16.7. The normalized spacial score (nSPS) is 12.9. The highest BCUT2D eigenvalue weighted by Gasteiger charge is 2.27. The van der Waals surface area contributed by atoms with E-state index in [-0.39, 0.29) is 6.42 Å². The van der Waals surface area contributed by atoms with Gasteiger partial charge in [-0.2, -0.15) is 5.26 Å². The SMILES string of the molecule is CCC(CC(Nc1ccc(C#N)cc1)c1cc(OC)c(OCc2ccccc2)cc1N)S(N)(=O)=O. The summed E-state index contributed by atoms with van der Waals surface area (Å²) in [5.41, 5.74) is 9.74. The van der Waals surface area contributed by atoms with Crippen LogP contribution in [0.3, 0.4) is 0 Å². The van der Waals surface area contributed by atoms with Crippen LogP contribution in [0.15, 0.2) is 66.7 Å². The Kier molecular flexibility index (Phi) is 8.58. The Morgan fingerprint density at radius 1 is 1.06 bits per heavy atom. The summed E-state index contributed by atoms with van der Waals surface area (Å²) >= 11 is 0. The predicted octanol–water partition coefficient (Wildman–Crippen LogP) is 4.34. The van der Waals surface area contributed by atoms with Gasteiger partial charge in [-0.25, -0.2) is 13.6 Å². The maximum atomic E-state index is 12.2. The van der Waals surface area contributed by atoms with Gasteiger partial charge >= 0.3 is 0 Å². The van der Waals surface area contributed by atoms with Crippen LogP contribution < -0.4 is 25.7 Å². The van der Waals surface area contributed by atoms with E-state index < -0.39 is 21.3 Å². The molecule has 3 aromatic rings. The highest BCUT2D eigenvalue weighted by Crippen LogP contribution is 2.38. The lowest BCUT2D eigenvalue weighted by Gasteiger charge is -2.26. The Hall–Kier alpha value is -3.74. The largest absolute Gasteiger partial charge is 0.493 e. The van der Waals surface area contributed by atoms with E-state index in [2.05, 4.69) is 11.4 Å². The van der Waals surface area contributed by atoms with Crippen LogP contribution >= 0.6 is 0 Å². The zero-order chi connectivity index (χ0) is 25.4. The highest BCUT2D eigenvalue weighted by molar-refractivity contribution is 7.89. The number of nitriles is 1. The first-order valence-electron chi connectivity index (χ1n) is 11.2. The van der Waals surface area contributed by atoms with E-state index in [1.807, 2.05) is 30.3 Å². The van der Waals surface area contributed by atoms with E-state index in [4.69, 9.17) is 25.6 Å². The second kappa shape index (κ2) is 11.6. The standard InChI is InChI=1S/C26H30N4O4S/c1-3-21(35(29,31)32)13-24(30-20-11-9-18(16-27)10-12-20)22-14-25(33-2)26(15-23(22)28)34-17-19-7-5-4-6-8-19/h4-12,14-15,21,24,30H,3,13,17,28H2,1-2H3,(H2,29,31,32). The molecule has 3 aromatic carbocycles. The molecule has 5 N–H and O–H groups in total. The monoisotopic (exact) mass is 494 g/mol. The summed E-state index contributed by atoms with van der Waals surface area (Å²) in [7, 11) is -2.24. The predicted molar refractivity (Wildman–Crippen MR) is 138 cm³/mol. The quantitative estimate of drug-likeness (QED) is 0.337. The molecule has 0 spiro atoms. The van der Waals surface area contributed by atoms with Gasteiger partial charge in [0.1, 0.15) is 6.61 Å². The van der Waals surface area contributed by atoms with Crippen molar-refractivity contribution >= 4 is 21.4 Å². The van der Waals surface area contributed by atoms with Crippen LogP contribution in [-0.4, -0.2) is 20.8 Å². The molecule has 0 aliphatic carbocycles. The molecule has 0 saturated carbocycles. The molecule has 0 aliphatic rings. The Morgan fingerprint density at radius 2 is 1.74 bits per heavy atom. The van der Waals surface area contributed by atoms with Crippen molar-refractivity contribution in [2.24, 2.45) is 5.14 Å². The fraction of sp³-hybridized carbons (Fsp3) is 0.269. The molecule has 2 unspecified atom stereocenters. The molecule has 9 heteroatoms. The maximum Gasteiger partial charge on any atom is 0.212 e. The number of hydrogen-bond donors (Lipinski definition) is 3. The van der Waals surface area contributed by atoms with Crippen LogP contribution in [0.1, 0.15) is 42.5 Å². The van der Waals surface area contributed by atoms with Crippen molar-refractivity contribution in [1.82, 2.24) is 0 Å². The Bertz CT molecular complexity index is 1270. The third-order valence-corrected chi connectivity index (χ3v) is 7.21. The number of hydrogen-bond acceptors (Lipinski definition) is 7. The van der Waals surface area contributed by atoms with Crippen LogP contribution in [0.4, 0.5) is 11.4 Å². The van der Waals surface area contributed by atoms with Crippen molar-refractivity contribution in [3.05, 3.63) is 83.4 Å². The van der Waals surface area contributed by atoms with Crippen LogP contribution in [0.25, 0.3) is 0 Å². The average Bonchev–Trinajstić information content (AvgIpc) is 2.85. The fourth-order valence-corrected chi connectivity index (χ4v) is 4.73. The Balaban J connectivity index is 1.95. The molecule has 184 valence electrons. The number of primary sulfonamides is 1. The summed E-state index contributed by atoms with van der Waals surface area (Å²) in [5.74, 6) is 0.952. The molecule has 3 rings (SSSR count). The number of nitrogens with two attached hydrogens (primary N) is 2. The van der Waals surface area contributed by atoms with Gasteiger partial charge in [0, 0.05) is 23.0 Å². The summed E-state index contributed by atoms with van der Waals surface area (Å²) in [6.07, 6.45) is 0.534. The number of anilines is 2. The number of nitrogens with one attached hydrogen (secondary N) is 1. The molecule has 2 atom stereocenters. The van der Waals surface area contributed by atoms with Crippen molar-refractivity contribution in [3.8, 4) is 17.6 Å². The minimum Gasteiger partial charge on any atom is -0.493 e. The second-order valence-electron chi connectivity index (χ2n) is 8.15. The third-order valence-electron chi connectivity index (χ3n) is 5.76. The highest BCUT2D eigenvalue weighted by atomic mass is 32.2. The van der Waals surface area contributed by atoms with Gasteiger partial charge in [-0.15, -0.1) is 0 Å². The number of ether oxygens (including phenoxy) is 2. The molecule has 0 fully saturated rings. The minimum absolute atomic E-state index is 0.187. The maximum absolute atomic E-state index is 12.2.